The van der Waals surface area contributed by atoms with E-state index in [1.54, 1.807) is 6.07 Å². The van der Waals surface area contributed by atoms with Gasteiger partial charge in [0.1, 0.15) is 0 Å². The van der Waals surface area contributed by atoms with Crippen LogP contribution in [0, 0.1) is 0 Å². The van der Waals surface area contributed by atoms with Gasteiger partial charge in [0.25, 0.3) is 0 Å². The van der Waals surface area contributed by atoms with Crippen LogP contribution in [-0.2, 0) is 6.18 Å². The summed E-state index contributed by atoms with van der Waals surface area (Å²) in [5, 5.41) is 18.2. The maximum absolute atomic E-state index is 13.2. The van der Waals surface area contributed by atoms with Crippen LogP contribution in [0.5, 0.6) is 11.5 Å². The Morgan fingerprint density at radius 1 is 0.893 bits per heavy atom. The number of hydrogen-bond acceptors (Lipinski definition) is 5. The van der Waals surface area contributed by atoms with Crippen LogP contribution in [0.25, 0.3) is 0 Å². The molecule has 2 N–H and O–H groups in total. The molecular weight excluding hydrogens is 373 g/mol. The Bertz CT molecular complexity index is 793. The zero-order valence-corrected chi connectivity index (χ0v) is 15.3. The van der Waals surface area contributed by atoms with Gasteiger partial charge < -0.3 is 19.8 Å². The second-order valence-electron chi connectivity index (χ2n) is 6.54. The highest BCUT2D eigenvalue weighted by Crippen LogP contribution is 2.48. The zero-order valence-electron chi connectivity index (χ0n) is 15.3. The van der Waals surface area contributed by atoms with Crippen molar-refractivity contribution in [3.8, 4) is 11.5 Å². The minimum absolute atomic E-state index is 0.0157. The number of aliphatic hydroxyl groups is 2. The van der Waals surface area contributed by atoms with Gasteiger partial charge in [-0.3, -0.25) is 4.90 Å². The molecule has 0 unspecified atom stereocenters. The second kappa shape index (κ2) is 8.81. The molecule has 0 fully saturated rings. The molecule has 0 atom stereocenters. The molecule has 0 amide bonds. The summed E-state index contributed by atoms with van der Waals surface area (Å²) in [5.41, 5.74) is 0.371. The highest BCUT2D eigenvalue weighted by molar-refractivity contribution is 5.78. The van der Waals surface area contributed by atoms with Crippen molar-refractivity contribution in [1.29, 1.82) is 0 Å². The monoisotopic (exact) mass is 396 g/mol. The van der Waals surface area contributed by atoms with Crippen LogP contribution in [0.2, 0.25) is 0 Å². The second-order valence-corrected chi connectivity index (χ2v) is 6.54. The van der Waals surface area contributed by atoms with Crippen molar-refractivity contribution >= 4 is 11.4 Å². The predicted octanol–water partition coefficient (Wildman–Crippen LogP) is 3.63. The summed E-state index contributed by atoms with van der Waals surface area (Å²) >= 11 is 0. The number of alkyl halides is 3. The fraction of sp³-hybridized carbons (Fsp3) is 0.400. The van der Waals surface area contributed by atoms with E-state index in [-0.39, 0.29) is 13.2 Å². The van der Waals surface area contributed by atoms with Gasteiger partial charge in [-0.1, -0.05) is 12.1 Å². The summed E-state index contributed by atoms with van der Waals surface area (Å²) < 4.78 is 45.4. The Labute approximate surface area is 161 Å². The van der Waals surface area contributed by atoms with E-state index in [4.69, 9.17) is 14.9 Å². The van der Waals surface area contributed by atoms with Gasteiger partial charge in [-0.05, 0) is 36.8 Å². The first-order chi connectivity index (χ1) is 13.4. The van der Waals surface area contributed by atoms with Crippen molar-refractivity contribution in [2.45, 2.75) is 12.6 Å². The lowest BCUT2D eigenvalue weighted by molar-refractivity contribution is -0.137. The normalized spacial score (nSPS) is 13.3. The number of aliphatic hydroxyl groups excluding tert-OH is 2. The average Bonchev–Trinajstić information content (AvgIpc) is 2.66. The molecule has 2 aromatic rings. The molecule has 0 spiro atoms. The molecule has 5 nitrogen and oxygen atoms in total. The molecule has 0 bridgehead atoms. The third kappa shape index (κ3) is 4.57. The maximum Gasteiger partial charge on any atom is 0.416 e. The van der Waals surface area contributed by atoms with Gasteiger partial charge in [0, 0.05) is 26.2 Å². The van der Waals surface area contributed by atoms with Crippen molar-refractivity contribution < 1.29 is 28.1 Å². The molecule has 1 aliphatic heterocycles. The first-order valence-corrected chi connectivity index (χ1v) is 9.14. The number of ether oxygens (including phenoxy) is 1. The van der Waals surface area contributed by atoms with Gasteiger partial charge in [0.2, 0.25) is 0 Å². The van der Waals surface area contributed by atoms with Crippen molar-refractivity contribution in [2.24, 2.45) is 0 Å². The Kier molecular flexibility index (Phi) is 6.43. The third-order valence-corrected chi connectivity index (χ3v) is 4.64. The lowest BCUT2D eigenvalue weighted by Crippen LogP contribution is -2.33. The first-order valence-electron chi connectivity index (χ1n) is 9.14. The molecule has 152 valence electrons. The fourth-order valence-electron chi connectivity index (χ4n) is 3.32. The lowest BCUT2D eigenvalue weighted by atomic mass is 10.1. The Balaban J connectivity index is 1.85. The van der Waals surface area contributed by atoms with E-state index in [0.29, 0.717) is 55.5 Å². The minimum atomic E-state index is -4.43. The average molecular weight is 396 g/mol. The van der Waals surface area contributed by atoms with Gasteiger partial charge >= 0.3 is 6.18 Å². The van der Waals surface area contributed by atoms with Crippen LogP contribution >= 0.6 is 0 Å². The predicted molar refractivity (Wildman–Crippen MR) is 100 cm³/mol. The number of fused-ring (bicyclic) bond motifs is 2. The van der Waals surface area contributed by atoms with E-state index in [2.05, 4.69) is 0 Å². The molecule has 0 radical (unpaired) electrons. The van der Waals surface area contributed by atoms with Crippen LogP contribution in [0.4, 0.5) is 24.5 Å². The number of hydrogen-bond donors (Lipinski definition) is 2. The van der Waals surface area contributed by atoms with Gasteiger partial charge in [-0.15, -0.1) is 0 Å². The summed E-state index contributed by atoms with van der Waals surface area (Å²) in [4.78, 5) is 3.75. The first kappa shape index (κ1) is 20.4. The van der Waals surface area contributed by atoms with Crippen LogP contribution in [0.3, 0.4) is 0 Å². The summed E-state index contributed by atoms with van der Waals surface area (Å²) in [6.45, 7) is 1.93. The van der Waals surface area contributed by atoms with Gasteiger partial charge in [0.05, 0.1) is 30.2 Å². The number of benzene rings is 2. The summed E-state index contributed by atoms with van der Waals surface area (Å²) in [5.74, 6) is 0.978. The van der Waals surface area contributed by atoms with Crippen molar-refractivity contribution in [3.63, 3.8) is 0 Å². The smallest absolute Gasteiger partial charge is 0.416 e. The topological polar surface area (TPSA) is 56.2 Å². The van der Waals surface area contributed by atoms with E-state index in [1.807, 2.05) is 28.0 Å². The van der Waals surface area contributed by atoms with Gasteiger partial charge in [-0.25, -0.2) is 0 Å². The SMILES string of the molecule is OCCN(CCO)CCCN1c2ccccc2Oc2ccc(C(F)(F)F)cc21. The zero-order chi connectivity index (χ0) is 20.1. The highest BCUT2D eigenvalue weighted by Gasteiger charge is 2.33. The van der Waals surface area contributed by atoms with E-state index < -0.39 is 11.7 Å². The number of rotatable bonds is 8. The standard InChI is InChI=1S/C20H23F3N2O3/c21-20(22,23)15-6-7-19-17(14-15)25(16-4-1-2-5-18(16)28-19)9-3-8-24(10-12-26)11-13-27/h1-2,4-7,14,26-27H,3,8-13H2. The van der Waals surface area contributed by atoms with E-state index in [1.165, 1.54) is 6.07 Å². The van der Waals surface area contributed by atoms with Crippen LogP contribution in [-0.4, -0.2) is 54.5 Å². The molecule has 28 heavy (non-hydrogen) atoms. The molecule has 8 heteroatoms. The number of halogens is 3. The highest BCUT2D eigenvalue weighted by atomic mass is 19.4. The number of para-hydroxylation sites is 2. The Morgan fingerprint density at radius 2 is 1.57 bits per heavy atom. The molecule has 0 saturated heterocycles. The fourth-order valence-corrected chi connectivity index (χ4v) is 3.32. The molecular formula is C20H23F3N2O3. The Hall–Kier alpha value is -2.29. The van der Waals surface area contributed by atoms with E-state index in [9.17, 15) is 13.2 Å². The molecule has 1 aliphatic rings. The summed E-state index contributed by atoms with van der Waals surface area (Å²) in [7, 11) is 0. The van der Waals surface area contributed by atoms with Crippen LogP contribution < -0.4 is 9.64 Å². The van der Waals surface area contributed by atoms with Gasteiger partial charge in [0.15, 0.2) is 11.5 Å². The minimum Gasteiger partial charge on any atom is -0.453 e. The third-order valence-electron chi connectivity index (χ3n) is 4.64. The summed E-state index contributed by atoms with van der Waals surface area (Å²) in [6.07, 6.45) is -3.79. The van der Waals surface area contributed by atoms with Crippen molar-refractivity contribution in [1.82, 2.24) is 4.90 Å². The summed E-state index contributed by atoms with van der Waals surface area (Å²) in [6, 6.07) is 10.7. The maximum atomic E-state index is 13.2. The lowest BCUT2D eigenvalue weighted by Gasteiger charge is -2.34. The molecule has 0 aliphatic carbocycles. The molecule has 0 aromatic heterocycles. The van der Waals surface area contributed by atoms with E-state index in [0.717, 1.165) is 12.1 Å². The largest absolute Gasteiger partial charge is 0.453 e. The van der Waals surface area contributed by atoms with Crippen LogP contribution in [0.15, 0.2) is 42.5 Å². The molecule has 2 aromatic carbocycles. The van der Waals surface area contributed by atoms with E-state index >= 15 is 0 Å². The van der Waals surface area contributed by atoms with Crippen molar-refractivity contribution in [2.75, 3.05) is 44.3 Å². The number of anilines is 2. The van der Waals surface area contributed by atoms with Crippen molar-refractivity contribution in [3.05, 3.63) is 48.0 Å². The quantitative estimate of drug-likeness (QED) is 0.714. The molecule has 1 heterocycles. The van der Waals surface area contributed by atoms with Gasteiger partial charge in [-0.2, -0.15) is 13.2 Å². The number of nitrogens with zero attached hydrogens (tertiary/aromatic N) is 2. The van der Waals surface area contributed by atoms with Crippen LogP contribution in [0.1, 0.15) is 12.0 Å². The Morgan fingerprint density at radius 3 is 2.25 bits per heavy atom. The molecule has 3 rings (SSSR count). The molecule has 0 saturated carbocycles.